The molecule has 0 saturated heterocycles. The summed E-state index contributed by atoms with van der Waals surface area (Å²) in [5, 5.41) is 8.90. The first-order valence-electron chi connectivity index (χ1n) is 5.87. The molecule has 0 saturated carbocycles. The van der Waals surface area contributed by atoms with Crippen molar-refractivity contribution in [1.29, 1.82) is 0 Å². The fourth-order valence-corrected chi connectivity index (χ4v) is 1.65. The van der Waals surface area contributed by atoms with Gasteiger partial charge in [0.2, 0.25) is 0 Å². The minimum Gasteiger partial charge on any atom is -0.477 e. The number of aryl methyl sites for hydroxylation is 1. The summed E-state index contributed by atoms with van der Waals surface area (Å²) in [6.45, 7) is 8.80. The van der Waals surface area contributed by atoms with Gasteiger partial charge in [-0.1, -0.05) is 13.8 Å². The molecule has 0 bridgehead atoms. The predicted molar refractivity (Wildman–Crippen MR) is 65.2 cm³/mol. The lowest BCUT2D eigenvalue weighted by molar-refractivity contribution is 0.0689. The van der Waals surface area contributed by atoms with E-state index >= 15 is 0 Å². The SMILES string of the molecule is CCN(CC)CCc1nc(C)cc(C(=O)O)n1. The lowest BCUT2D eigenvalue weighted by atomic mass is 10.3. The van der Waals surface area contributed by atoms with Crippen molar-refractivity contribution in [3.05, 3.63) is 23.3 Å². The third-order valence-electron chi connectivity index (χ3n) is 2.67. The molecule has 0 aromatic carbocycles. The van der Waals surface area contributed by atoms with Gasteiger partial charge in [-0.05, 0) is 26.1 Å². The second-order valence-corrected chi connectivity index (χ2v) is 3.89. The van der Waals surface area contributed by atoms with E-state index in [0.29, 0.717) is 17.9 Å². The molecule has 0 unspecified atom stereocenters. The van der Waals surface area contributed by atoms with E-state index in [9.17, 15) is 4.79 Å². The van der Waals surface area contributed by atoms with Crippen molar-refractivity contribution in [2.75, 3.05) is 19.6 Å². The van der Waals surface area contributed by atoms with Gasteiger partial charge >= 0.3 is 5.97 Å². The van der Waals surface area contributed by atoms with Gasteiger partial charge in [0.25, 0.3) is 0 Å². The molecule has 94 valence electrons. The molecule has 0 aliphatic carbocycles. The molecule has 0 aliphatic rings. The van der Waals surface area contributed by atoms with E-state index in [4.69, 9.17) is 5.11 Å². The maximum atomic E-state index is 10.9. The third kappa shape index (κ3) is 4.11. The van der Waals surface area contributed by atoms with E-state index in [-0.39, 0.29) is 5.69 Å². The lowest BCUT2D eigenvalue weighted by Gasteiger charge is -2.17. The van der Waals surface area contributed by atoms with Gasteiger partial charge in [0.05, 0.1) is 0 Å². The zero-order chi connectivity index (χ0) is 12.8. The van der Waals surface area contributed by atoms with Crippen LogP contribution in [0, 0.1) is 6.92 Å². The standard InChI is InChI=1S/C12H19N3O2/c1-4-15(5-2)7-6-11-13-9(3)8-10(14-11)12(16)17/h8H,4-7H2,1-3H3,(H,16,17). The second-order valence-electron chi connectivity index (χ2n) is 3.89. The van der Waals surface area contributed by atoms with Crippen LogP contribution >= 0.6 is 0 Å². The summed E-state index contributed by atoms with van der Waals surface area (Å²) in [4.78, 5) is 21.4. The molecular weight excluding hydrogens is 218 g/mol. The van der Waals surface area contributed by atoms with E-state index < -0.39 is 5.97 Å². The molecular formula is C12H19N3O2. The van der Waals surface area contributed by atoms with Crippen molar-refractivity contribution in [2.45, 2.75) is 27.2 Å². The highest BCUT2D eigenvalue weighted by molar-refractivity contribution is 5.85. The van der Waals surface area contributed by atoms with E-state index in [2.05, 4.69) is 28.7 Å². The van der Waals surface area contributed by atoms with Crippen LogP contribution in [0.2, 0.25) is 0 Å². The predicted octanol–water partition coefficient (Wildman–Crippen LogP) is 1.37. The van der Waals surface area contributed by atoms with Crippen LogP contribution in [-0.4, -0.2) is 45.6 Å². The zero-order valence-corrected chi connectivity index (χ0v) is 10.6. The van der Waals surface area contributed by atoms with Crippen molar-refractivity contribution in [2.24, 2.45) is 0 Å². The van der Waals surface area contributed by atoms with Crippen molar-refractivity contribution in [1.82, 2.24) is 14.9 Å². The Morgan fingerprint density at radius 1 is 1.35 bits per heavy atom. The fourth-order valence-electron chi connectivity index (χ4n) is 1.65. The summed E-state index contributed by atoms with van der Waals surface area (Å²) < 4.78 is 0. The number of carboxylic acid groups (broad SMARTS) is 1. The van der Waals surface area contributed by atoms with Gasteiger partial charge in [-0.15, -0.1) is 0 Å². The number of nitrogens with zero attached hydrogens (tertiary/aromatic N) is 3. The van der Waals surface area contributed by atoms with Crippen LogP contribution in [0.1, 0.15) is 35.9 Å². The normalized spacial score (nSPS) is 10.8. The van der Waals surface area contributed by atoms with Gasteiger partial charge in [-0.2, -0.15) is 0 Å². The molecule has 0 radical (unpaired) electrons. The topological polar surface area (TPSA) is 66.3 Å². The van der Waals surface area contributed by atoms with Crippen molar-refractivity contribution >= 4 is 5.97 Å². The van der Waals surface area contributed by atoms with Crippen LogP contribution in [-0.2, 0) is 6.42 Å². The molecule has 5 nitrogen and oxygen atoms in total. The fraction of sp³-hybridized carbons (Fsp3) is 0.583. The maximum Gasteiger partial charge on any atom is 0.354 e. The third-order valence-corrected chi connectivity index (χ3v) is 2.67. The number of carbonyl (C=O) groups is 1. The molecule has 0 spiro atoms. The highest BCUT2D eigenvalue weighted by Crippen LogP contribution is 2.02. The molecule has 17 heavy (non-hydrogen) atoms. The Balaban J connectivity index is 2.74. The summed E-state index contributed by atoms with van der Waals surface area (Å²) in [5.74, 6) is -0.395. The molecule has 1 heterocycles. The highest BCUT2D eigenvalue weighted by Gasteiger charge is 2.09. The second kappa shape index (κ2) is 6.30. The summed E-state index contributed by atoms with van der Waals surface area (Å²) in [6.07, 6.45) is 0.684. The summed E-state index contributed by atoms with van der Waals surface area (Å²) in [6, 6.07) is 1.49. The summed E-state index contributed by atoms with van der Waals surface area (Å²) in [5.41, 5.74) is 0.777. The average Bonchev–Trinajstić information content (AvgIpc) is 2.29. The summed E-state index contributed by atoms with van der Waals surface area (Å²) in [7, 11) is 0. The zero-order valence-electron chi connectivity index (χ0n) is 10.6. The van der Waals surface area contributed by atoms with Gasteiger partial charge in [0, 0.05) is 18.7 Å². The Bertz CT molecular complexity index is 389. The van der Waals surface area contributed by atoms with Crippen molar-refractivity contribution < 1.29 is 9.90 Å². The smallest absolute Gasteiger partial charge is 0.354 e. The molecule has 0 amide bonds. The van der Waals surface area contributed by atoms with Crippen LogP contribution in [0.4, 0.5) is 0 Å². The highest BCUT2D eigenvalue weighted by atomic mass is 16.4. The Kier molecular flexibility index (Phi) is 5.03. The first-order chi connectivity index (χ1) is 8.06. The van der Waals surface area contributed by atoms with Crippen LogP contribution in [0.5, 0.6) is 0 Å². The van der Waals surface area contributed by atoms with E-state index in [1.807, 2.05) is 0 Å². The van der Waals surface area contributed by atoms with E-state index in [1.165, 1.54) is 6.07 Å². The molecule has 1 rings (SSSR count). The molecule has 1 aromatic rings. The van der Waals surface area contributed by atoms with Crippen LogP contribution in [0.15, 0.2) is 6.07 Å². The average molecular weight is 237 g/mol. The van der Waals surface area contributed by atoms with Crippen molar-refractivity contribution in [3.8, 4) is 0 Å². The number of likely N-dealkylation sites (N-methyl/N-ethyl adjacent to an activating group) is 1. The van der Waals surface area contributed by atoms with Crippen molar-refractivity contribution in [3.63, 3.8) is 0 Å². The van der Waals surface area contributed by atoms with Gasteiger partial charge in [0.15, 0.2) is 5.69 Å². The molecule has 1 aromatic heterocycles. The minimum atomic E-state index is -1.00. The first kappa shape index (κ1) is 13.6. The van der Waals surface area contributed by atoms with Gasteiger partial charge in [0.1, 0.15) is 5.82 Å². The number of carboxylic acids is 1. The first-order valence-corrected chi connectivity index (χ1v) is 5.87. The molecule has 1 N–H and O–H groups in total. The maximum absolute atomic E-state index is 10.9. The molecule has 0 aliphatic heterocycles. The lowest BCUT2D eigenvalue weighted by Crippen LogP contribution is -2.26. The Morgan fingerprint density at radius 2 is 2.00 bits per heavy atom. The number of aromatic carboxylic acids is 1. The quantitative estimate of drug-likeness (QED) is 0.809. The minimum absolute atomic E-state index is 0.0760. The molecule has 0 atom stereocenters. The largest absolute Gasteiger partial charge is 0.477 e. The van der Waals surface area contributed by atoms with Gasteiger partial charge in [-0.25, -0.2) is 14.8 Å². The summed E-state index contributed by atoms with van der Waals surface area (Å²) >= 11 is 0. The Labute approximate surface area is 102 Å². The number of hydrogen-bond donors (Lipinski definition) is 1. The van der Waals surface area contributed by atoms with Gasteiger partial charge < -0.3 is 10.0 Å². The number of hydrogen-bond acceptors (Lipinski definition) is 4. The van der Waals surface area contributed by atoms with Crippen LogP contribution in [0.3, 0.4) is 0 Å². The monoisotopic (exact) mass is 237 g/mol. The number of rotatable bonds is 6. The van der Waals surface area contributed by atoms with Crippen LogP contribution < -0.4 is 0 Å². The Morgan fingerprint density at radius 3 is 2.53 bits per heavy atom. The van der Waals surface area contributed by atoms with E-state index in [1.54, 1.807) is 6.92 Å². The van der Waals surface area contributed by atoms with Gasteiger partial charge in [-0.3, -0.25) is 0 Å². The van der Waals surface area contributed by atoms with Crippen LogP contribution in [0.25, 0.3) is 0 Å². The van der Waals surface area contributed by atoms with E-state index in [0.717, 1.165) is 19.6 Å². The number of aromatic nitrogens is 2. The molecule has 0 fully saturated rings. The Hall–Kier alpha value is -1.49. The molecule has 5 heteroatoms.